The van der Waals surface area contributed by atoms with Crippen LogP contribution >= 0.6 is 0 Å². The Bertz CT molecular complexity index is 2410. The summed E-state index contributed by atoms with van der Waals surface area (Å²) in [7, 11) is 0. The van der Waals surface area contributed by atoms with Crippen molar-refractivity contribution >= 4 is 56.0 Å². The van der Waals surface area contributed by atoms with Gasteiger partial charge in [-0.1, -0.05) is 117 Å². The minimum absolute atomic E-state index is 0.0322. The third-order valence-corrected chi connectivity index (χ3v) is 11.0. The number of hydrogen-bond donors (Lipinski definition) is 0. The standard InChI is InChI=1S/C43H37BN2O/c1-42(2)28-44(47-43(42,3)4)30-22-24-32(29-14-6-5-7-15-29)40(26-30)46-39-21-13-10-18-35(39)36-25-23-31(27-41(36)46)45-37-19-11-8-16-33(37)34-17-9-12-20-38(34)45/h5-27H,28H2,1-4H3. The van der Waals surface area contributed by atoms with Crippen LogP contribution in [0.3, 0.4) is 0 Å². The van der Waals surface area contributed by atoms with E-state index in [1.54, 1.807) is 0 Å². The number of nitrogens with zero attached hydrogens (tertiary/aromatic N) is 2. The largest absolute Gasteiger partial charge is 0.426 e. The van der Waals surface area contributed by atoms with Crippen molar-refractivity contribution in [2.75, 3.05) is 0 Å². The fourth-order valence-electron chi connectivity index (χ4n) is 7.81. The Kier molecular flexibility index (Phi) is 6.13. The molecule has 4 heteroatoms. The van der Waals surface area contributed by atoms with E-state index in [9.17, 15) is 0 Å². The van der Waals surface area contributed by atoms with E-state index in [0.29, 0.717) is 0 Å². The van der Waals surface area contributed by atoms with Crippen molar-refractivity contribution in [2.24, 2.45) is 5.41 Å². The molecule has 0 radical (unpaired) electrons. The summed E-state index contributed by atoms with van der Waals surface area (Å²) < 4.78 is 11.7. The minimum Gasteiger partial charge on any atom is -0.426 e. The zero-order valence-corrected chi connectivity index (χ0v) is 27.4. The molecule has 228 valence electrons. The van der Waals surface area contributed by atoms with Gasteiger partial charge in [0.1, 0.15) is 0 Å². The first-order valence-electron chi connectivity index (χ1n) is 16.7. The van der Waals surface area contributed by atoms with Gasteiger partial charge >= 0.3 is 6.92 Å². The number of fused-ring (bicyclic) bond motifs is 6. The third-order valence-electron chi connectivity index (χ3n) is 11.0. The van der Waals surface area contributed by atoms with Crippen LogP contribution in [0.5, 0.6) is 0 Å². The summed E-state index contributed by atoms with van der Waals surface area (Å²) in [6, 6.07) is 51.0. The number of rotatable bonds is 4. The molecule has 1 aliphatic heterocycles. The second-order valence-electron chi connectivity index (χ2n) is 14.3. The number of para-hydroxylation sites is 3. The lowest BCUT2D eigenvalue weighted by molar-refractivity contribution is 0.0375. The highest BCUT2D eigenvalue weighted by atomic mass is 16.5. The second-order valence-corrected chi connectivity index (χ2v) is 14.3. The van der Waals surface area contributed by atoms with E-state index in [0.717, 1.165) is 12.0 Å². The average Bonchev–Trinajstić information content (AvgIpc) is 3.68. The minimum atomic E-state index is -0.208. The lowest BCUT2D eigenvalue weighted by Crippen LogP contribution is -2.36. The Morgan fingerprint density at radius 1 is 0.532 bits per heavy atom. The molecule has 0 saturated carbocycles. The maximum Gasteiger partial charge on any atom is 0.328 e. The van der Waals surface area contributed by atoms with Crippen LogP contribution in [-0.4, -0.2) is 21.7 Å². The van der Waals surface area contributed by atoms with Crippen molar-refractivity contribution in [1.82, 2.24) is 9.13 Å². The smallest absolute Gasteiger partial charge is 0.328 e. The van der Waals surface area contributed by atoms with Crippen molar-refractivity contribution in [3.63, 3.8) is 0 Å². The summed E-state index contributed by atoms with van der Waals surface area (Å²) in [4.78, 5) is 0. The molecule has 8 aromatic rings. The van der Waals surface area contributed by atoms with Gasteiger partial charge in [0.05, 0.1) is 33.4 Å². The SMILES string of the molecule is CC1(C)CB(c2ccc(-c3ccccc3)c(-n3c4ccccc4c4ccc(-n5c6ccccc6c6ccccc65)cc43)c2)OC1(C)C. The molecule has 47 heavy (non-hydrogen) atoms. The quantitative estimate of drug-likeness (QED) is 0.182. The molecule has 1 aliphatic rings. The number of benzene rings is 6. The summed E-state index contributed by atoms with van der Waals surface area (Å²) in [6.45, 7) is 9.15. The van der Waals surface area contributed by atoms with Crippen LogP contribution < -0.4 is 5.46 Å². The van der Waals surface area contributed by atoms with Crippen LogP contribution in [-0.2, 0) is 4.65 Å². The highest BCUT2D eigenvalue weighted by Gasteiger charge is 2.49. The Balaban J connectivity index is 1.34. The van der Waals surface area contributed by atoms with Gasteiger partial charge in [-0.2, -0.15) is 0 Å². The van der Waals surface area contributed by atoms with E-state index in [4.69, 9.17) is 4.65 Å². The molecule has 9 rings (SSSR count). The fraction of sp³-hybridized carbons (Fsp3) is 0.163. The van der Waals surface area contributed by atoms with E-state index in [-0.39, 0.29) is 17.9 Å². The molecule has 0 aliphatic carbocycles. The molecule has 3 nitrogen and oxygen atoms in total. The van der Waals surface area contributed by atoms with Gasteiger partial charge in [0, 0.05) is 32.8 Å². The molecule has 0 N–H and O–H groups in total. The zero-order chi connectivity index (χ0) is 31.9. The molecule has 0 spiro atoms. The molecule has 1 saturated heterocycles. The molecule has 0 atom stereocenters. The van der Waals surface area contributed by atoms with Gasteiger partial charge in [-0.15, -0.1) is 0 Å². The Hall–Kier alpha value is -5.06. The molecule has 2 aromatic heterocycles. The molecule has 3 heterocycles. The van der Waals surface area contributed by atoms with Crippen LogP contribution in [0.4, 0.5) is 0 Å². The zero-order valence-electron chi connectivity index (χ0n) is 27.4. The average molecular weight is 609 g/mol. The van der Waals surface area contributed by atoms with Crippen molar-refractivity contribution < 1.29 is 4.65 Å². The van der Waals surface area contributed by atoms with Gasteiger partial charge in [-0.25, -0.2) is 0 Å². The predicted octanol–water partition coefficient (Wildman–Crippen LogP) is 10.6. The number of hydrogen-bond acceptors (Lipinski definition) is 1. The maximum absolute atomic E-state index is 6.78. The van der Waals surface area contributed by atoms with Gasteiger partial charge in [0.2, 0.25) is 0 Å². The molecular weight excluding hydrogens is 571 g/mol. The topological polar surface area (TPSA) is 19.1 Å². The summed E-state index contributed by atoms with van der Waals surface area (Å²) in [5.74, 6) is 0. The first-order chi connectivity index (χ1) is 22.8. The fourth-order valence-corrected chi connectivity index (χ4v) is 7.81. The molecular formula is C43H37BN2O. The summed E-state index contributed by atoms with van der Waals surface area (Å²) >= 11 is 0. The highest BCUT2D eigenvalue weighted by Crippen LogP contribution is 2.46. The van der Waals surface area contributed by atoms with Crippen molar-refractivity contribution in [3.8, 4) is 22.5 Å². The summed E-state index contributed by atoms with van der Waals surface area (Å²) in [5, 5.41) is 5.03. The predicted molar refractivity (Wildman–Crippen MR) is 200 cm³/mol. The number of aromatic nitrogens is 2. The molecule has 1 fully saturated rings. The van der Waals surface area contributed by atoms with Gasteiger partial charge in [0.15, 0.2) is 0 Å². The first-order valence-corrected chi connectivity index (χ1v) is 16.7. The van der Waals surface area contributed by atoms with E-state index >= 15 is 0 Å². The Morgan fingerprint density at radius 3 is 1.68 bits per heavy atom. The van der Waals surface area contributed by atoms with Crippen LogP contribution in [0.1, 0.15) is 27.7 Å². The van der Waals surface area contributed by atoms with E-state index in [1.165, 1.54) is 65.9 Å². The molecule has 0 bridgehead atoms. The van der Waals surface area contributed by atoms with Crippen LogP contribution in [0.2, 0.25) is 6.32 Å². The highest BCUT2D eigenvalue weighted by molar-refractivity contribution is 6.68. The summed E-state index contributed by atoms with van der Waals surface area (Å²) in [5.41, 5.74) is 10.6. The second kappa shape index (κ2) is 10.2. The maximum atomic E-state index is 6.78. The molecule has 0 unspecified atom stereocenters. The van der Waals surface area contributed by atoms with Crippen LogP contribution in [0.25, 0.3) is 66.1 Å². The van der Waals surface area contributed by atoms with Crippen molar-refractivity contribution in [3.05, 3.63) is 140 Å². The van der Waals surface area contributed by atoms with Crippen molar-refractivity contribution in [1.29, 1.82) is 0 Å². The Morgan fingerprint density at radius 2 is 1.09 bits per heavy atom. The van der Waals surface area contributed by atoms with Gasteiger partial charge in [0.25, 0.3) is 0 Å². The van der Waals surface area contributed by atoms with E-state index in [1.807, 2.05) is 0 Å². The van der Waals surface area contributed by atoms with E-state index < -0.39 is 0 Å². The molecule has 0 amide bonds. The van der Waals surface area contributed by atoms with Gasteiger partial charge in [-0.05, 0) is 73.0 Å². The lowest BCUT2D eigenvalue weighted by Gasteiger charge is -2.34. The lowest BCUT2D eigenvalue weighted by atomic mass is 9.54. The van der Waals surface area contributed by atoms with Gasteiger partial charge < -0.3 is 13.8 Å². The third kappa shape index (κ3) is 4.25. The Labute approximate surface area is 276 Å². The monoisotopic (exact) mass is 608 g/mol. The summed E-state index contributed by atoms with van der Waals surface area (Å²) in [6.07, 6.45) is 0.981. The van der Waals surface area contributed by atoms with E-state index in [2.05, 4.69) is 176 Å². The van der Waals surface area contributed by atoms with Crippen LogP contribution in [0, 0.1) is 5.41 Å². The van der Waals surface area contributed by atoms with Crippen LogP contribution in [0.15, 0.2) is 140 Å². The molecule has 6 aromatic carbocycles. The van der Waals surface area contributed by atoms with Crippen molar-refractivity contribution in [2.45, 2.75) is 39.6 Å². The van der Waals surface area contributed by atoms with Gasteiger partial charge in [-0.3, -0.25) is 0 Å². The first kappa shape index (κ1) is 28.2. The normalized spacial score (nSPS) is 15.8.